The van der Waals surface area contributed by atoms with E-state index in [2.05, 4.69) is 50.8 Å². The summed E-state index contributed by atoms with van der Waals surface area (Å²) in [6.07, 6.45) is 15.4. The molecule has 0 rings (SSSR count). The summed E-state index contributed by atoms with van der Waals surface area (Å²) < 4.78 is 0. The van der Waals surface area contributed by atoms with Crippen LogP contribution in [0.25, 0.3) is 0 Å². The van der Waals surface area contributed by atoms with Crippen molar-refractivity contribution in [3.8, 4) is 0 Å². The average molecular weight is 188 g/mol. The molecule has 0 aromatic carbocycles. The van der Waals surface area contributed by atoms with Crippen molar-refractivity contribution in [3.05, 3.63) is 60.3 Å². The summed E-state index contributed by atoms with van der Waals surface area (Å²) in [5, 5.41) is 0. The standard InChI is InChI=1S/C14H20/c1-5-8-11-14(12-9-6-2)13(4)10-7-3/h5,7-12H,1,6H2,2-4H3/b10-7-,11-8-,12-9-,14-13-. The van der Waals surface area contributed by atoms with Crippen LogP contribution in [0.1, 0.15) is 27.2 Å². The third-order valence-corrected chi connectivity index (χ3v) is 1.82. The highest BCUT2D eigenvalue weighted by molar-refractivity contribution is 5.40. The number of hydrogen-bond donors (Lipinski definition) is 0. The molecule has 0 aliphatic heterocycles. The first-order valence-electron chi connectivity index (χ1n) is 5.05. The Hall–Kier alpha value is -1.30. The maximum absolute atomic E-state index is 3.67. The Balaban J connectivity index is 4.86. The second-order valence-corrected chi connectivity index (χ2v) is 3.04. The molecule has 0 aromatic rings. The lowest BCUT2D eigenvalue weighted by Crippen LogP contribution is -1.78. The summed E-state index contributed by atoms with van der Waals surface area (Å²) in [4.78, 5) is 0. The molecule has 0 heterocycles. The van der Waals surface area contributed by atoms with Crippen molar-refractivity contribution in [2.75, 3.05) is 0 Å². The molecule has 0 N–H and O–H groups in total. The minimum Gasteiger partial charge on any atom is -0.0991 e. The molecule has 0 heteroatoms. The van der Waals surface area contributed by atoms with Gasteiger partial charge in [-0.2, -0.15) is 0 Å². The van der Waals surface area contributed by atoms with Gasteiger partial charge in [0.05, 0.1) is 0 Å². The van der Waals surface area contributed by atoms with Crippen molar-refractivity contribution < 1.29 is 0 Å². The summed E-state index contributed by atoms with van der Waals surface area (Å²) >= 11 is 0. The van der Waals surface area contributed by atoms with Gasteiger partial charge in [0.1, 0.15) is 0 Å². The summed E-state index contributed by atoms with van der Waals surface area (Å²) in [6, 6.07) is 0. The van der Waals surface area contributed by atoms with Crippen LogP contribution < -0.4 is 0 Å². The van der Waals surface area contributed by atoms with Gasteiger partial charge in [-0.25, -0.2) is 0 Å². The predicted molar refractivity (Wildman–Crippen MR) is 66.3 cm³/mol. The molecule has 0 unspecified atom stereocenters. The molecular weight excluding hydrogens is 168 g/mol. The number of allylic oxidation sites excluding steroid dienone is 9. The Morgan fingerprint density at radius 1 is 1.21 bits per heavy atom. The molecular formula is C14H20. The van der Waals surface area contributed by atoms with E-state index in [0.29, 0.717) is 0 Å². The second-order valence-electron chi connectivity index (χ2n) is 3.04. The van der Waals surface area contributed by atoms with Gasteiger partial charge in [0.15, 0.2) is 0 Å². The van der Waals surface area contributed by atoms with E-state index in [-0.39, 0.29) is 0 Å². The maximum Gasteiger partial charge on any atom is -0.0231 e. The molecule has 0 bridgehead atoms. The van der Waals surface area contributed by atoms with E-state index in [4.69, 9.17) is 0 Å². The lowest BCUT2D eigenvalue weighted by atomic mass is 10.1. The monoisotopic (exact) mass is 188 g/mol. The largest absolute Gasteiger partial charge is 0.0991 e. The van der Waals surface area contributed by atoms with Gasteiger partial charge in [-0.3, -0.25) is 0 Å². The van der Waals surface area contributed by atoms with Crippen molar-refractivity contribution in [2.45, 2.75) is 27.2 Å². The molecule has 0 fully saturated rings. The maximum atomic E-state index is 3.67. The molecule has 0 saturated heterocycles. The van der Waals surface area contributed by atoms with Crippen LogP contribution in [0.2, 0.25) is 0 Å². The zero-order valence-corrected chi connectivity index (χ0v) is 9.46. The molecule has 14 heavy (non-hydrogen) atoms. The van der Waals surface area contributed by atoms with Gasteiger partial charge in [0.2, 0.25) is 0 Å². The van der Waals surface area contributed by atoms with Gasteiger partial charge in [0, 0.05) is 0 Å². The van der Waals surface area contributed by atoms with Crippen molar-refractivity contribution in [1.82, 2.24) is 0 Å². The first-order chi connectivity index (χ1) is 6.76. The van der Waals surface area contributed by atoms with Crippen molar-refractivity contribution >= 4 is 0 Å². The molecule has 0 atom stereocenters. The van der Waals surface area contributed by atoms with Crippen molar-refractivity contribution in [3.63, 3.8) is 0 Å². The molecule has 0 radical (unpaired) electrons. The predicted octanol–water partition coefficient (Wildman–Crippen LogP) is 4.59. The van der Waals surface area contributed by atoms with Gasteiger partial charge < -0.3 is 0 Å². The van der Waals surface area contributed by atoms with E-state index in [1.807, 2.05) is 13.0 Å². The van der Waals surface area contributed by atoms with E-state index in [1.165, 1.54) is 11.1 Å². The SMILES string of the molecule is C=C\C=C/C(/C=C\CC)=C(C)/C=C\C. The van der Waals surface area contributed by atoms with E-state index in [0.717, 1.165) is 6.42 Å². The van der Waals surface area contributed by atoms with Crippen LogP contribution in [-0.4, -0.2) is 0 Å². The topological polar surface area (TPSA) is 0 Å². The van der Waals surface area contributed by atoms with E-state index >= 15 is 0 Å². The fourth-order valence-electron chi connectivity index (χ4n) is 1.08. The molecule has 0 aliphatic carbocycles. The molecule has 0 aliphatic rings. The van der Waals surface area contributed by atoms with Gasteiger partial charge in [0.25, 0.3) is 0 Å². The summed E-state index contributed by atoms with van der Waals surface area (Å²) in [5.74, 6) is 0. The molecule has 0 saturated carbocycles. The molecule has 0 spiro atoms. The fourth-order valence-corrected chi connectivity index (χ4v) is 1.08. The van der Waals surface area contributed by atoms with Gasteiger partial charge in [-0.05, 0) is 31.4 Å². The lowest BCUT2D eigenvalue weighted by molar-refractivity contribution is 1.22. The minimum absolute atomic E-state index is 1.06. The highest BCUT2D eigenvalue weighted by Crippen LogP contribution is 2.09. The zero-order valence-electron chi connectivity index (χ0n) is 9.46. The highest BCUT2D eigenvalue weighted by Gasteiger charge is 1.89. The molecule has 76 valence electrons. The van der Waals surface area contributed by atoms with Crippen LogP contribution >= 0.6 is 0 Å². The van der Waals surface area contributed by atoms with Crippen LogP contribution in [0.5, 0.6) is 0 Å². The van der Waals surface area contributed by atoms with Crippen LogP contribution in [0.3, 0.4) is 0 Å². The van der Waals surface area contributed by atoms with Crippen molar-refractivity contribution in [1.29, 1.82) is 0 Å². The Labute approximate surface area is 88.0 Å². The number of rotatable bonds is 5. The first kappa shape index (κ1) is 12.7. The lowest BCUT2D eigenvalue weighted by Gasteiger charge is -1.98. The summed E-state index contributed by atoms with van der Waals surface area (Å²) in [6.45, 7) is 9.95. The third kappa shape index (κ3) is 5.36. The Kier molecular flexibility index (Phi) is 7.53. The quantitative estimate of drug-likeness (QED) is 0.554. The van der Waals surface area contributed by atoms with Gasteiger partial charge >= 0.3 is 0 Å². The van der Waals surface area contributed by atoms with Crippen LogP contribution in [-0.2, 0) is 0 Å². The third-order valence-electron chi connectivity index (χ3n) is 1.82. The molecule has 0 nitrogen and oxygen atoms in total. The van der Waals surface area contributed by atoms with Crippen LogP contribution in [0.4, 0.5) is 0 Å². The number of hydrogen-bond acceptors (Lipinski definition) is 0. The molecule has 0 amide bonds. The van der Waals surface area contributed by atoms with Crippen LogP contribution in [0.15, 0.2) is 60.3 Å². The van der Waals surface area contributed by atoms with Crippen LogP contribution in [0, 0.1) is 0 Å². The van der Waals surface area contributed by atoms with Gasteiger partial charge in [-0.1, -0.05) is 56.0 Å². The van der Waals surface area contributed by atoms with Crippen molar-refractivity contribution in [2.24, 2.45) is 0 Å². The first-order valence-corrected chi connectivity index (χ1v) is 5.05. The highest BCUT2D eigenvalue weighted by atomic mass is 14.0. The Morgan fingerprint density at radius 2 is 1.93 bits per heavy atom. The Morgan fingerprint density at radius 3 is 2.43 bits per heavy atom. The fraction of sp³-hybridized carbons (Fsp3) is 0.286. The average Bonchev–Trinajstić information content (AvgIpc) is 2.18. The normalized spacial score (nSPS) is 14.2. The minimum atomic E-state index is 1.06. The Bertz CT molecular complexity index is 272. The zero-order chi connectivity index (χ0) is 10.8. The van der Waals surface area contributed by atoms with E-state index < -0.39 is 0 Å². The van der Waals surface area contributed by atoms with E-state index in [9.17, 15) is 0 Å². The van der Waals surface area contributed by atoms with Gasteiger partial charge in [-0.15, -0.1) is 0 Å². The summed E-state index contributed by atoms with van der Waals surface area (Å²) in [5.41, 5.74) is 2.51. The van der Waals surface area contributed by atoms with E-state index in [1.54, 1.807) is 6.08 Å². The molecule has 0 aromatic heterocycles. The smallest absolute Gasteiger partial charge is 0.0231 e. The second kappa shape index (κ2) is 8.31. The summed E-state index contributed by atoms with van der Waals surface area (Å²) in [7, 11) is 0.